The predicted octanol–water partition coefficient (Wildman–Crippen LogP) is 3.54. The van der Waals surface area contributed by atoms with E-state index in [9.17, 15) is 4.79 Å². The van der Waals surface area contributed by atoms with Crippen molar-refractivity contribution in [1.82, 2.24) is 4.90 Å². The Morgan fingerprint density at radius 2 is 2.07 bits per heavy atom. The number of hydrogen-bond acceptors (Lipinski definition) is 5. The molecule has 4 rings (SSSR count). The second-order valence-electron chi connectivity index (χ2n) is 7.19. The summed E-state index contributed by atoms with van der Waals surface area (Å²) in [5, 5.41) is 0. The average molecular weight is 367 g/mol. The van der Waals surface area contributed by atoms with Crippen LogP contribution in [0.5, 0.6) is 17.2 Å². The number of ether oxygens (including phenoxy) is 3. The number of Topliss-reactive ketones (excluding diaryl/α,β-unsaturated/α-hetero) is 1. The molecule has 0 aliphatic carbocycles. The van der Waals surface area contributed by atoms with Crippen LogP contribution in [0.3, 0.4) is 0 Å². The summed E-state index contributed by atoms with van der Waals surface area (Å²) in [5.74, 6) is 2.38. The van der Waals surface area contributed by atoms with Crippen molar-refractivity contribution in [2.24, 2.45) is 0 Å². The second-order valence-corrected chi connectivity index (χ2v) is 7.19. The largest absolute Gasteiger partial charge is 0.492 e. The smallest absolute Gasteiger partial charge is 0.231 e. The first-order valence-electron chi connectivity index (χ1n) is 9.42. The van der Waals surface area contributed by atoms with Crippen molar-refractivity contribution in [2.75, 3.05) is 27.5 Å². The summed E-state index contributed by atoms with van der Waals surface area (Å²) >= 11 is 0. The Labute approximate surface area is 159 Å². The molecule has 2 aliphatic heterocycles. The molecule has 0 N–H and O–H groups in total. The lowest BCUT2D eigenvalue weighted by Crippen LogP contribution is -2.34. The molecule has 0 fully saturated rings. The van der Waals surface area contributed by atoms with Crippen LogP contribution >= 0.6 is 0 Å². The Kier molecular flexibility index (Phi) is 5.03. The van der Waals surface area contributed by atoms with Crippen LogP contribution in [0.25, 0.3) is 0 Å². The Bertz CT molecular complexity index is 834. The zero-order valence-corrected chi connectivity index (χ0v) is 15.9. The van der Waals surface area contributed by atoms with Gasteiger partial charge in [-0.05, 0) is 37.1 Å². The molecule has 5 heteroatoms. The topological polar surface area (TPSA) is 48.0 Å². The van der Waals surface area contributed by atoms with E-state index in [-0.39, 0.29) is 18.6 Å². The lowest BCUT2D eigenvalue weighted by molar-refractivity contribution is -0.120. The number of aryl methyl sites for hydroxylation is 1. The SMILES string of the molecule is COc1c2c(cc3c1C(CC(=O)CCc1ccccc1)N(C)CC3)OCO2. The molecule has 1 unspecified atom stereocenters. The third-order valence-corrected chi connectivity index (χ3v) is 5.50. The fourth-order valence-corrected chi connectivity index (χ4v) is 4.03. The Balaban J connectivity index is 1.56. The van der Waals surface area contributed by atoms with Gasteiger partial charge >= 0.3 is 0 Å². The number of likely N-dealkylation sites (N-methyl/N-ethyl adjacent to an activating group) is 1. The normalized spacial score (nSPS) is 18.2. The number of nitrogens with zero attached hydrogens (tertiary/aromatic N) is 1. The summed E-state index contributed by atoms with van der Waals surface area (Å²) in [5.41, 5.74) is 3.46. The van der Waals surface area contributed by atoms with Crippen molar-refractivity contribution in [2.45, 2.75) is 31.7 Å². The van der Waals surface area contributed by atoms with E-state index in [2.05, 4.69) is 30.1 Å². The van der Waals surface area contributed by atoms with E-state index in [0.717, 1.165) is 30.7 Å². The molecule has 0 aromatic heterocycles. The fraction of sp³-hybridized carbons (Fsp3) is 0.409. The molecule has 5 nitrogen and oxygen atoms in total. The van der Waals surface area contributed by atoms with Gasteiger partial charge in [0.25, 0.3) is 0 Å². The molecule has 0 saturated heterocycles. The molecule has 2 aliphatic rings. The molecule has 2 aromatic carbocycles. The van der Waals surface area contributed by atoms with E-state index in [0.29, 0.717) is 24.3 Å². The van der Waals surface area contributed by atoms with E-state index < -0.39 is 0 Å². The number of methoxy groups -OCH3 is 1. The molecule has 0 amide bonds. The number of hydrogen-bond donors (Lipinski definition) is 0. The highest BCUT2D eigenvalue weighted by Gasteiger charge is 2.34. The summed E-state index contributed by atoms with van der Waals surface area (Å²) < 4.78 is 16.9. The van der Waals surface area contributed by atoms with Crippen molar-refractivity contribution in [1.29, 1.82) is 0 Å². The highest BCUT2D eigenvalue weighted by atomic mass is 16.7. The van der Waals surface area contributed by atoms with Gasteiger partial charge in [-0.3, -0.25) is 9.69 Å². The third-order valence-electron chi connectivity index (χ3n) is 5.50. The van der Waals surface area contributed by atoms with Crippen LogP contribution in [0.4, 0.5) is 0 Å². The maximum Gasteiger partial charge on any atom is 0.231 e. The van der Waals surface area contributed by atoms with Gasteiger partial charge in [0.1, 0.15) is 5.78 Å². The molecule has 0 spiro atoms. The minimum Gasteiger partial charge on any atom is -0.492 e. The minimum atomic E-state index is 0.00136. The summed E-state index contributed by atoms with van der Waals surface area (Å²) in [4.78, 5) is 15.0. The van der Waals surface area contributed by atoms with Gasteiger partial charge in [0.05, 0.1) is 7.11 Å². The highest BCUT2D eigenvalue weighted by Crippen LogP contribution is 2.50. The van der Waals surface area contributed by atoms with Gasteiger partial charge in [-0.1, -0.05) is 30.3 Å². The van der Waals surface area contributed by atoms with Crippen molar-refractivity contribution < 1.29 is 19.0 Å². The van der Waals surface area contributed by atoms with Crippen molar-refractivity contribution in [3.8, 4) is 17.2 Å². The molecule has 27 heavy (non-hydrogen) atoms. The quantitative estimate of drug-likeness (QED) is 0.781. The number of benzene rings is 2. The first kappa shape index (κ1) is 17.9. The van der Waals surface area contributed by atoms with Gasteiger partial charge < -0.3 is 14.2 Å². The van der Waals surface area contributed by atoms with Gasteiger partial charge in [0.15, 0.2) is 11.5 Å². The maximum atomic E-state index is 12.7. The number of ketones is 1. The molecule has 0 saturated carbocycles. The zero-order chi connectivity index (χ0) is 18.8. The summed E-state index contributed by atoms with van der Waals surface area (Å²) in [6.07, 6.45) is 2.72. The second kappa shape index (κ2) is 7.61. The van der Waals surface area contributed by atoms with Crippen molar-refractivity contribution in [3.05, 3.63) is 53.1 Å². The van der Waals surface area contributed by atoms with E-state index in [1.54, 1.807) is 7.11 Å². The number of rotatable bonds is 6. The molecule has 2 heterocycles. The molecule has 1 atom stereocenters. The third kappa shape index (κ3) is 3.52. The number of carbonyl (C=O) groups is 1. The van der Waals surface area contributed by atoms with Gasteiger partial charge in [0.2, 0.25) is 12.5 Å². The Morgan fingerprint density at radius 3 is 2.85 bits per heavy atom. The van der Waals surface area contributed by atoms with Gasteiger partial charge in [0, 0.05) is 31.0 Å². The molecule has 0 bridgehead atoms. The van der Waals surface area contributed by atoms with Crippen LogP contribution in [-0.2, 0) is 17.6 Å². The molecular formula is C22H25NO4. The van der Waals surface area contributed by atoms with Crippen molar-refractivity contribution >= 4 is 5.78 Å². The first-order chi connectivity index (χ1) is 13.2. The minimum absolute atomic E-state index is 0.00136. The average Bonchev–Trinajstić information content (AvgIpc) is 3.16. The van der Waals surface area contributed by atoms with Gasteiger partial charge in [-0.25, -0.2) is 0 Å². The lowest BCUT2D eigenvalue weighted by atomic mass is 9.87. The van der Waals surface area contributed by atoms with E-state index >= 15 is 0 Å². The lowest BCUT2D eigenvalue weighted by Gasteiger charge is -2.35. The van der Waals surface area contributed by atoms with Crippen LogP contribution in [0.2, 0.25) is 0 Å². The van der Waals surface area contributed by atoms with E-state index in [4.69, 9.17) is 14.2 Å². The maximum absolute atomic E-state index is 12.7. The molecule has 2 aromatic rings. The number of fused-ring (bicyclic) bond motifs is 2. The predicted molar refractivity (Wildman–Crippen MR) is 103 cm³/mol. The zero-order valence-electron chi connectivity index (χ0n) is 15.9. The molecule has 142 valence electrons. The Morgan fingerprint density at radius 1 is 1.26 bits per heavy atom. The highest BCUT2D eigenvalue weighted by molar-refractivity contribution is 5.80. The van der Waals surface area contributed by atoms with Gasteiger partial charge in [-0.2, -0.15) is 0 Å². The molecular weight excluding hydrogens is 342 g/mol. The van der Waals surface area contributed by atoms with Crippen LogP contribution in [0.1, 0.15) is 35.6 Å². The van der Waals surface area contributed by atoms with E-state index in [1.807, 2.05) is 18.2 Å². The first-order valence-corrected chi connectivity index (χ1v) is 9.42. The van der Waals surface area contributed by atoms with Crippen molar-refractivity contribution in [3.63, 3.8) is 0 Å². The standard InChI is InChI=1S/C22H25NO4/c1-23-11-10-16-12-19-21(27-14-26-19)22(25-2)20(16)18(23)13-17(24)9-8-15-6-4-3-5-7-15/h3-7,12,18H,8-11,13-14H2,1-2H3. The van der Waals surface area contributed by atoms with Crippen LogP contribution in [0.15, 0.2) is 36.4 Å². The van der Waals surface area contributed by atoms with Gasteiger partial charge in [-0.15, -0.1) is 0 Å². The fourth-order valence-electron chi connectivity index (χ4n) is 4.03. The summed E-state index contributed by atoms with van der Waals surface area (Å²) in [7, 11) is 3.72. The summed E-state index contributed by atoms with van der Waals surface area (Å²) in [6.45, 7) is 1.12. The van der Waals surface area contributed by atoms with E-state index in [1.165, 1.54) is 11.1 Å². The van der Waals surface area contributed by atoms with Crippen LogP contribution in [0, 0.1) is 0 Å². The van der Waals surface area contributed by atoms with Crippen LogP contribution in [-0.4, -0.2) is 38.2 Å². The van der Waals surface area contributed by atoms with Crippen LogP contribution < -0.4 is 14.2 Å². The number of carbonyl (C=O) groups excluding carboxylic acids is 1. The monoisotopic (exact) mass is 367 g/mol. The Hall–Kier alpha value is -2.53. The molecule has 0 radical (unpaired) electrons. The summed E-state index contributed by atoms with van der Waals surface area (Å²) in [6, 6.07) is 12.2.